The second-order valence-corrected chi connectivity index (χ2v) is 5.57. The summed E-state index contributed by atoms with van der Waals surface area (Å²) < 4.78 is 4.72. The third-order valence-electron chi connectivity index (χ3n) is 4.10. The fraction of sp³-hybridized carbons (Fsp3) is 0.353. The van der Waals surface area contributed by atoms with Crippen molar-refractivity contribution in [3.63, 3.8) is 0 Å². The van der Waals surface area contributed by atoms with Crippen LogP contribution in [0.2, 0.25) is 0 Å². The number of nitrogens with one attached hydrogen (secondary N) is 1. The lowest BCUT2D eigenvalue weighted by atomic mass is 9.83. The Kier molecular flexibility index (Phi) is 3.56. The molecule has 5 heteroatoms. The van der Waals surface area contributed by atoms with Gasteiger partial charge in [0, 0.05) is 10.9 Å². The number of benzene rings is 1. The summed E-state index contributed by atoms with van der Waals surface area (Å²) in [4.78, 5) is 39.3. The van der Waals surface area contributed by atoms with Crippen molar-refractivity contribution in [3.05, 3.63) is 35.0 Å². The summed E-state index contributed by atoms with van der Waals surface area (Å²) in [6.45, 7) is 3.75. The summed E-state index contributed by atoms with van der Waals surface area (Å²) in [6.07, 6.45) is 0.949. The maximum Gasteiger partial charge on any atom is 0.375 e. The number of hydrogen-bond acceptors (Lipinski definition) is 4. The first-order valence-corrected chi connectivity index (χ1v) is 7.39. The molecule has 0 radical (unpaired) electrons. The molecule has 0 fully saturated rings. The maximum atomic E-state index is 12.6. The third kappa shape index (κ3) is 2.22. The zero-order valence-corrected chi connectivity index (χ0v) is 12.6. The number of carbonyl (C=O) groups excluding carboxylic acids is 3. The summed E-state index contributed by atoms with van der Waals surface area (Å²) in [5, 5.41) is 1.02. The molecule has 1 aromatic heterocycles. The summed E-state index contributed by atoms with van der Waals surface area (Å²) in [7, 11) is 0. The van der Waals surface area contributed by atoms with E-state index < -0.39 is 17.7 Å². The highest BCUT2D eigenvalue weighted by molar-refractivity contribution is 6.39. The molecular weight excluding hydrogens is 282 g/mol. The Bertz CT molecular complexity index is 787. The molecule has 1 N–H and O–H groups in total. The van der Waals surface area contributed by atoms with E-state index in [0.717, 1.165) is 22.0 Å². The zero-order valence-electron chi connectivity index (χ0n) is 12.6. The molecule has 22 heavy (non-hydrogen) atoms. The van der Waals surface area contributed by atoms with Gasteiger partial charge in [0.1, 0.15) is 0 Å². The van der Waals surface area contributed by atoms with Gasteiger partial charge in [0.2, 0.25) is 0 Å². The molecule has 2 aromatic rings. The lowest BCUT2D eigenvalue weighted by molar-refractivity contribution is -0.154. The third-order valence-corrected chi connectivity index (χ3v) is 4.10. The molecule has 5 nitrogen and oxygen atoms in total. The van der Waals surface area contributed by atoms with Crippen molar-refractivity contribution in [2.45, 2.75) is 26.7 Å². The largest absolute Gasteiger partial charge is 0.460 e. The van der Waals surface area contributed by atoms with Crippen LogP contribution in [0.15, 0.2) is 18.2 Å². The summed E-state index contributed by atoms with van der Waals surface area (Å²) >= 11 is 0. The van der Waals surface area contributed by atoms with Crippen LogP contribution in [0.25, 0.3) is 10.9 Å². The molecule has 114 valence electrons. The van der Waals surface area contributed by atoms with Crippen molar-refractivity contribution in [2.75, 3.05) is 6.61 Å². The zero-order chi connectivity index (χ0) is 15.9. The number of aromatic amines is 1. The summed E-state index contributed by atoms with van der Waals surface area (Å²) in [5.74, 6) is -2.91. The SMILES string of the molecule is CCOC(=O)C(=O)C1CCc2c([nH]c3ccc(C)cc23)C1=O. The molecule has 1 aromatic carbocycles. The molecule has 0 saturated carbocycles. The van der Waals surface area contributed by atoms with Crippen LogP contribution in [0, 0.1) is 12.8 Å². The van der Waals surface area contributed by atoms with Crippen molar-refractivity contribution in [1.82, 2.24) is 4.98 Å². The normalized spacial score (nSPS) is 17.4. The van der Waals surface area contributed by atoms with Crippen LogP contribution in [0.1, 0.15) is 35.0 Å². The quantitative estimate of drug-likeness (QED) is 0.536. The number of Topliss-reactive ketones (excluding diaryl/α,β-unsaturated/α-hetero) is 2. The Morgan fingerprint density at radius 1 is 1.36 bits per heavy atom. The van der Waals surface area contributed by atoms with Crippen LogP contribution in [-0.4, -0.2) is 29.1 Å². The highest BCUT2D eigenvalue weighted by Crippen LogP contribution is 2.32. The van der Waals surface area contributed by atoms with Gasteiger partial charge in [-0.25, -0.2) is 4.79 Å². The molecule has 0 aliphatic heterocycles. The molecule has 1 aliphatic carbocycles. The Balaban J connectivity index is 1.98. The average molecular weight is 299 g/mol. The van der Waals surface area contributed by atoms with Gasteiger partial charge in [-0.15, -0.1) is 0 Å². The Hall–Kier alpha value is -2.43. The number of aromatic nitrogens is 1. The fourth-order valence-corrected chi connectivity index (χ4v) is 3.02. The van der Waals surface area contributed by atoms with E-state index in [1.54, 1.807) is 6.92 Å². The smallest absolute Gasteiger partial charge is 0.375 e. The number of hydrogen-bond donors (Lipinski definition) is 1. The van der Waals surface area contributed by atoms with Gasteiger partial charge in [0.15, 0.2) is 5.78 Å². The predicted octanol–water partition coefficient (Wildman–Crippen LogP) is 2.35. The molecule has 3 rings (SSSR count). The van der Waals surface area contributed by atoms with Crippen LogP contribution >= 0.6 is 0 Å². The average Bonchev–Trinajstić information content (AvgIpc) is 2.86. The Morgan fingerprint density at radius 2 is 2.14 bits per heavy atom. The fourth-order valence-electron chi connectivity index (χ4n) is 3.02. The van der Waals surface area contributed by atoms with Crippen molar-refractivity contribution in [3.8, 4) is 0 Å². The molecular formula is C17H17NO4. The van der Waals surface area contributed by atoms with Gasteiger partial charge in [-0.1, -0.05) is 11.6 Å². The van der Waals surface area contributed by atoms with Crippen molar-refractivity contribution >= 4 is 28.4 Å². The molecule has 0 spiro atoms. The van der Waals surface area contributed by atoms with Gasteiger partial charge in [0.25, 0.3) is 5.78 Å². The van der Waals surface area contributed by atoms with Crippen molar-refractivity contribution < 1.29 is 19.1 Å². The molecule has 1 aliphatic rings. The van der Waals surface area contributed by atoms with Gasteiger partial charge in [-0.2, -0.15) is 0 Å². The number of ketones is 2. The monoisotopic (exact) mass is 299 g/mol. The van der Waals surface area contributed by atoms with Crippen LogP contribution in [0.5, 0.6) is 0 Å². The van der Waals surface area contributed by atoms with Crippen molar-refractivity contribution in [2.24, 2.45) is 5.92 Å². The number of esters is 1. The van der Waals surface area contributed by atoms with Crippen LogP contribution in [0.3, 0.4) is 0 Å². The Labute approximate surface area is 127 Å². The van der Waals surface area contributed by atoms with Crippen LogP contribution in [-0.2, 0) is 20.7 Å². The first-order chi connectivity index (χ1) is 10.5. The van der Waals surface area contributed by atoms with E-state index in [0.29, 0.717) is 18.5 Å². The number of carbonyl (C=O) groups is 3. The number of fused-ring (bicyclic) bond motifs is 3. The van der Waals surface area contributed by atoms with Crippen LogP contribution in [0.4, 0.5) is 0 Å². The predicted molar refractivity (Wildman–Crippen MR) is 80.8 cm³/mol. The molecule has 1 atom stereocenters. The number of H-pyrrole nitrogens is 1. The van der Waals surface area contributed by atoms with E-state index in [9.17, 15) is 14.4 Å². The van der Waals surface area contributed by atoms with E-state index in [2.05, 4.69) is 4.98 Å². The molecule has 0 bridgehead atoms. The summed E-state index contributed by atoms with van der Waals surface area (Å²) in [5.41, 5.74) is 3.39. The van der Waals surface area contributed by atoms with Gasteiger partial charge >= 0.3 is 5.97 Å². The second-order valence-electron chi connectivity index (χ2n) is 5.57. The highest BCUT2D eigenvalue weighted by Gasteiger charge is 2.38. The van der Waals surface area contributed by atoms with Gasteiger partial charge in [-0.3, -0.25) is 9.59 Å². The van der Waals surface area contributed by atoms with Crippen LogP contribution < -0.4 is 0 Å². The molecule has 0 saturated heterocycles. The van der Waals surface area contributed by atoms with E-state index in [-0.39, 0.29) is 12.4 Å². The highest BCUT2D eigenvalue weighted by atomic mass is 16.5. The molecule has 1 heterocycles. The van der Waals surface area contributed by atoms with E-state index in [4.69, 9.17) is 4.74 Å². The first-order valence-electron chi connectivity index (χ1n) is 7.39. The Morgan fingerprint density at radius 3 is 2.86 bits per heavy atom. The lowest BCUT2D eigenvalue weighted by Gasteiger charge is -2.19. The minimum Gasteiger partial charge on any atom is -0.460 e. The number of ether oxygens (including phenoxy) is 1. The minimum atomic E-state index is -0.930. The topological polar surface area (TPSA) is 76.2 Å². The van der Waals surface area contributed by atoms with E-state index >= 15 is 0 Å². The number of aryl methyl sites for hydroxylation is 2. The molecule has 1 unspecified atom stereocenters. The van der Waals surface area contributed by atoms with Gasteiger partial charge in [-0.05, 0) is 44.4 Å². The number of rotatable bonds is 3. The van der Waals surface area contributed by atoms with Gasteiger partial charge in [0.05, 0.1) is 18.2 Å². The van der Waals surface area contributed by atoms with E-state index in [1.807, 2.05) is 25.1 Å². The maximum absolute atomic E-state index is 12.6. The minimum absolute atomic E-state index is 0.127. The van der Waals surface area contributed by atoms with E-state index in [1.165, 1.54) is 0 Å². The van der Waals surface area contributed by atoms with Gasteiger partial charge < -0.3 is 9.72 Å². The standard InChI is InChI=1S/C17H17NO4/c1-3-22-17(21)16(20)11-6-5-10-12-8-9(2)4-7-13(12)18-14(10)15(11)19/h4,7-8,11,18H,3,5-6H2,1-2H3. The lowest BCUT2D eigenvalue weighted by Crippen LogP contribution is -2.35. The molecule has 0 amide bonds. The first kappa shape index (κ1) is 14.5. The summed E-state index contributed by atoms with van der Waals surface area (Å²) in [6, 6.07) is 5.93. The van der Waals surface area contributed by atoms with Crippen molar-refractivity contribution in [1.29, 1.82) is 0 Å². The second kappa shape index (κ2) is 5.40.